The monoisotopic (exact) mass is 276 g/mol. The molecule has 106 valence electrons. The van der Waals surface area contributed by atoms with Crippen molar-refractivity contribution in [2.24, 2.45) is 0 Å². The molecule has 0 aromatic rings. The first-order chi connectivity index (χ1) is 8.62. The summed E-state index contributed by atoms with van der Waals surface area (Å²) in [6, 6.07) is 0.901. The molecule has 2 fully saturated rings. The van der Waals surface area contributed by atoms with E-state index in [9.17, 15) is 8.42 Å². The van der Waals surface area contributed by atoms with Crippen molar-refractivity contribution in [2.75, 3.05) is 32.1 Å². The Bertz CT molecular complexity index is 344. The zero-order valence-corrected chi connectivity index (χ0v) is 11.9. The van der Waals surface area contributed by atoms with E-state index in [1.807, 2.05) is 0 Å². The number of hydrogen-bond acceptors (Lipinski definition) is 4. The van der Waals surface area contributed by atoms with Gasteiger partial charge in [-0.05, 0) is 32.6 Å². The Hall–Kier alpha value is -0.170. The van der Waals surface area contributed by atoms with Crippen LogP contribution in [-0.2, 0) is 14.8 Å². The van der Waals surface area contributed by atoms with E-state index in [4.69, 9.17) is 4.74 Å². The molecule has 1 N–H and O–H groups in total. The molecule has 0 aromatic carbocycles. The number of piperidine rings is 1. The van der Waals surface area contributed by atoms with E-state index < -0.39 is 10.0 Å². The van der Waals surface area contributed by atoms with Crippen molar-refractivity contribution in [2.45, 2.75) is 44.7 Å². The molecule has 1 unspecified atom stereocenters. The van der Waals surface area contributed by atoms with Gasteiger partial charge >= 0.3 is 0 Å². The third-order valence-corrected chi connectivity index (χ3v) is 5.73. The van der Waals surface area contributed by atoms with Gasteiger partial charge in [0.25, 0.3) is 0 Å². The van der Waals surface area contributed by atoms with Gasteiger partial charge in [0.2, 0.25) is 10.0 Å². The Balaban J connectivity index is 1.76. The molecule has 5 nitrogen and oxygen atoms in total. The highest BCUT2D eigenvalue weighted by molar-refractivity contribution is 7.89. The van der Waals surface area contributed by atoms with Crippen molar-refractivity contribution in [3.05, 3.63) is 0 Å². The maximum Gasteiger partial charge on any atom is 0.213 e. The highest BCUT2D eigenvalue weighted by Crippen LogP contribution is 2.16. The fourth-order valence-electron chi connectivity index (χ4n) is 2.69. The maximum atomic E-state index is 11.7. The number of nitrogens with one attached hydrogen (secondary N) is 1. The summed E-state index contributed by atoms with van der Waals surface area (Å²) < 4.78 is 30.5. The summed E-state index contributed by atoms with van der Waals surface area (Å²) in [6.07, 6.45) is 4.12. The summed E-state index contributed by atoms with van der Waals surface area (Å²) in [5.74, 6) is 0.210. The van der Waals surface area contributed by atoms with Crippen LogP contribution in [0.2, 0.25) is 0 Å². The topological polar surface area (TPSA) is 58.6 Å². The summed E-state index contributed by atoms with van der Waals surface area (Å²) in [6.45, 7) is 4.70. The van der Waals surface area contributed by atoms with Crippen LogP contribution >= 0.6 is 0 Å². The van der Waals surface area contributed by atoms with Crippen molar-refractivity contribution < 1.29 is 13.2 Å². The van der Waals surface area contributed by atoms with Crippen molar-refractivity contribution in [3.8, 4) is 0 Å². The van der Waals surface area contributed by atoms with Crippen molar-refractivity contribution >= 4 is 10.0 Å². The minimum Gasteiger partial charge on any atom is -0.380 e. The summed E-state index contributed by atoms with van der Waals surface area (Å²) in [5.41, 5.74) is 0. The SMILES string of the molecule is CCS(=O)(=O)N1CCC(NC2CCCOC2)CC1. The Morgan fingerprint density at radius 2 is 1.94 bits per heavy atom. The standard InChI is InChI=1S/C12H24N2O3S/c1-2-18(15,16)14-7-5-11(6-8-14)13-12-4-3-9-17-10-12/h11-13H,2-10H2,1H3. The minimum atomic E-state index is -3.00. The molecule has 0 bridgehead atoms. The van der Waals surface area contributed by atoms with E-state index in [0.29, 0.717) is 25.2 Å². The summed E-state index contributed by atoms with van der Waals surface area (Å²) in [7, 11) is -3.00. The third kappa shape index (κ3) is 3.66. The third-order valence-electron chi connectivity index (χ3n) is 3.84. The highest BCUT2D eigenvalue weighted by atomic mass is 32.2. The van der Waals surface area contributed by atoms with Gasteiger partial charge in [-0.1, -0.05) is 0 Å². The fraction of sp³-hybridized carbons (Fsp3) is 1.00. The van der Waals surface area contributed by atoms with Crippen LogP contribution in [0.5, 0.6) is 0 Å². The zero-order valence-electron chi connectivity index (χ0n) is 11.1. The predicted molar refractivity (Wildman–Crippen MR) is 71.0 cm³/mol. The summed E-state index contributed by atoms with van der Waals surface area (Å²) in [5, 5.41) is 3.60. The van der Waals surface area contributed by atoms with Gasteiger partial charge in [-0.2, -0.15) is 0 Å². The molecule has 6 heteroatoms. The first-order valence-electron chi connectivity index (χ1n) is 6.93. The number of ether oxygens (including phenoxy) is 1. The van der Waals surface area contributed by atoms with Crippen molar-refractivity contribution in [3.63, 3.8) is 0 Å². The average molecular weight is 276 g/mol. The second kappa shape index (κ2) is 6.32. The Morgan fingerprint density at radius 1 is 1.22 bits per heavy atom. The number of rotatable bonds is 4. The molecule has 0 radical (unpaired) electrons. The molecule has 0 spiro atoms. The lowest BCUT2D eigenvalue weighted by molar-refractivity contribution is 0.0634. The number of hydrogen-bond donors (Lipinski definition) is 1. The molecule has 2 heterocycles. The molecule has 2 aliphatic heterocycles. The largest absolute Gasteiger partial charge is 0.380 e. The average Bonchev–Trinajstić information content (AvgIpc) is 2.40. The molecule has 0 saturated carbocycles. The lowest BCUT2D eigenvalue weighted by Crippen LogP contribution is -2.49. The van der Waals surface area contributed by atoms with Gasteiger partial charge in [-0.15, -0.1) is 0 Å². The molecule has 2 saturated heterocycles. The van der Waals surface area contributed by atoms with Crippen LogP contribution in [-0.4, -0.2) is 56.9 Å². The normalized spacial score (nSPS) is 28.4. The van der Waals surface area contributed by atoms with Crippen LogP contribution in [0.4, 0.5) is 0 Å². The predicted octanol–water partition coefficient (Wildman–Crippen LogP) is 0.569. The molecule has 2 rings (SSSR count). The van der Waals surface area contributed by atoms with Gasteiger partial charge in [0, 0.05) is 31.8 Å². The van der Waals surface area contributed by atoms with Crippen LogP contribution in [0, 0.1) is 0 Å². The molecule has 0 aromatic heterocycles. The van der Waals surface area contributed by atoms with Gasteiger partial charge in [-0.3, -0.25) is 0 Å². The molecule has 2 aliphatic rings. The highest BCUT2D eigenvalue weighted by Gasteiger charge is 2.28. The van der Waals surface area contributed by atoms with E-state index in [0.717, 1.165) is 32.5 Å². The second-order valence-corrected chi connectivity index (χ2v) is 7.41. The summed E-state index contributed by atoms with van der Waals surface area (Å²) >= 11 is 0. The van der Waals surface area contributed by atoms with Crippen LogP contribution in [0.3, 0.4) is 0 Å². The van der Waals surface area contributed by atoms with Crippen LogP contribution < -0.4 is 5.32 Å². The fourth-order valence-corrected chi connectivity index (χ4v) is 3.82. The Kier molecular flexibility index (Phi) is 5.00. The minimum absolute atomic E-state index is 0.210. The van der Waals surface area contributed by atoms with Gasteiger partial charge < -0.3 is 10.1 Å². The zero-order chi connectivity index (χ0) is 13.0. The molecule has 1 atom stereocenters. The Labute approximate surface area is 110 Å². The lowest BCUT2D eigenvalue weighted by Gasteiger charge is -2.34. The van der Waals surface area contributed by atoms with Crippen molar-refractivity contribution in [1.82, 2.24) is 9.62 Å². The van der Waals surface area contributed by atoms with Crippen LogP contribution in [0.25, 0.3) is 0 Å². The second-order valence-electron chi connectivity index (χ2n) is 5.15. The van der Waals surface area contributed by atoms with Gasteiger partial charge in [0.15, 0.2) is 0 Å². The van der Waals surface area contributed by atoms with E-state index in [-0.39, 0.29) is 5.75 Å². The van der Waals surface area contributed by atoms with Gasteiger partial charge in [-0.25, -0.2) is 12.7 Å². The van der Waals surface area contributed by atoms with Crippen LogP contribution in [0.1, 0.15) is 32.6 Å². The summed E-state index contributed by atoms with van der Waals surface area (Å²) in [4.78, 5) is 0. The van der Waals surface area contributed by atoms with E-state index in [1.165, 1.54) is 6.42 Å². The van der Waals surface area contributed by atoms with Gasteiger partial charge in [0.1, 0.15) is 0 Å². The Morgan fingerprint density at radius 3 is 2.50 bits per heavy atom. The molecular weight excluding hydrogens is 252 g/mol. The molecular formula is C12H24N2O3S. The van der Waals surface area contributed by atoms with E-state index in [1.54, 1.807) is 11.2 Å². The molecule has 18 heavy (non-hydrogen) atoms. The van der Waals surface area contributed by atoms with E-state index in [2.05, 4.69) is 5.32 Å². The first-order valence-corrected chi connectivity index (χ1v) is 8.54. The lowest BCUT2D eigenvalue weighted by atomic mass is 10.0. The van der Waals surface area contributed by atoms with Crippen molar-refractivity contribution in [1.29, 1.82) is 0 Å². The van der Waals surface area contributed by atoms with E-state index >= 15 is 0 Å². The van der Waals surface area contributed by atoms with Gasteiger partial charge in [0.05, 0.1) is 12.4 Å². The molecule has 0 aliphatic carbocycles. The quantitative estimate of drug-likeness (QED) is 0.815. The smallest absolute Gasteiger partial charge is 0.213 e. The first kappa shape index (κ1) is 14.2. The number of nitrogens with zero attached hydrogens (tertiary/aromatic N) is 1. The number of sulfonamides is 1. The maximum absolute atomic E-state index is 11.7. The van der Waals surface area contributed by atoms with Crippen LogP contribution in [0.15, 0.2) is 0 Å². The molecule has 0 amide bonds.